The lowest BCUT2D eigenvalue weighted by Gasteiger charge is -2.18. The number of halogens is 2. The summed E-state index contributed by atoms with van der Waals surface area (Å²) in [6.45, 7) is 3.48. The Labute approximate surface area is 138 Å². The van der Waals surface area contributed by atoms with Crippen molar-refractivity contribution in [2.75, 3.05) is 13.7 Å². The van der Waals surface area contributed by atoms with Gasteiger partial charge in [-0.3, -0.25) is 0 Å². The van der Waals surface area contributed by atoms with Crippen LogP contribution >= 0.6 is 27.5 Å². The summed E-state index contributed by atoms with van der Waals surface area (Å²) in [6.07, 6.45) is 1.04. The van der Waals surface area contributed by atoms with Crippen molar-refractivity contribution in [3.05, 3.63) is 56.9 Å². The number of nitrogens with one attached hydrogen (secondary N) is 1. The van der Waals surface area contributed by atoms with E-state index >= 15 is 0 Å². The second-order valence-electron chi connectivity index (χ2n) is 4.79. The van der Waals surface area contributed by atoms with E-state index in [-0.39, 0.29) is 6.04 Å². The number of methoxy groups -OCH3 is 1. The molecule has 0 fully saturated rings. The zero-order valence-electron chi connectivity index (χ0n) is 12.2. The highest BCUT2D eigenvalue weighted by Crippen LogP contribution is 2.31. The van der Waals surface area contributed by atoms with E-state index in [2.05, 4.69) is 28.2 Å². The first-order valence-electron chi connectivity index (χ1n) is 6.91. The molecule has 0 spiro atoms. The summed E-state index contributed by atoms with van der Waals surface area (Å²) in [4.78, 5) is 0. The van der Waals surface area contributed by atoms with Crippen molar-refractivity contribution >= 4 is 27.5 Å². The molecular weight excluding hydrogens is 354 g/mol. The topological polar surface area (TPSA) is 34.4 Å². The van der Waals surface area contributed by atoms with Crippen LogP contribution in [0.5, 0.6) is 0 Å². The standard InChI is InChI=1S/C16H19BrClNO2/c1-3-8-19-16(13-6-4-11(17)9-14(13)18)15-7-5-12(21-15)10-20-2/h4-7,9,16,19H,3,8,10H2,1-2H3. The summed E-state index contributed by atoms with van der Waals surface area (Å²) in [5.74, 6) is 1.66. The fourth-order valence-corrected chi connectivity index (χ4v) is 2.94. The molecule has 3 nitrogen and oxygen atoms in total. The Kier molecular flexibility index (Phi) is 6.30. The summed E-state index contributed by atoms with van der Waals surface area (Å²) in [7, 11) is 1.65. The highest BCUT2D eigenvalue weighted by molar-refractivity contribution is 9.10. The first-order valence-corrected chi connectivity index (χ1v) is 8.08. The normalized spacial score (nSPS) is 12.6. The Bertz CT molecular complexity index is 585. The monoisotopic (exact) mass is 371 g/mol. The van der Waals surface area contributed by atoms with Crippen LogP contribution in [0.25, 0.3) is 0 Å². The van der Waals surface area contributed by atoms with Gasteiger partial charge in [0, 0.05) is 16.6 Å². The smallest absolute Gasteiger partial charge is 0.129 e. The molecule has 21 heavy (non-hydrogen) atoms. The Morgan fingerprint density at radius 2 is 2.14 bits per heavy atom. The summed E-state index contributed by atoms with van der Waals surface area (Å²) in [5, 5.41) is 4.19. The molecule has 0 aliphatic carbocycles. The van der Waals surface area contributed by atoms with Crippen molar-refractivity contribution in [2.45, 2.75) is 26.0 Å². The minimum absolute atomic E-state index is 0.0591. The number of rotatable bonds is 7. The molecule has 1 heterocycles. The molecule has 0 aliphatic rings. The zero-order valence-corrected chi connectivity index (χ0v) is 14.5. The van der Waals surface area contributed by atoms with Crippen LogP contribution in [-0.4, -0.2) is 13.7 Å². The van der Waals surface area contributed by atoms with Crippen molar-refractivity contribution in [3.8, 4) is 0 Å². The van der Waals surface area contributed by atoms with Crippen LogP contribution in [0.2, 0.25) is 5.02 Å². The second-order valence-corrected chi connectivity index (χ2v) is 6.11. The van der Waals surface area contributed by atoms with Crippen molar-refractivity contribution < 1.29 is 9.15 Å². The first kappa shape index (κ1) is 16.6. The van der Waals surface area contributed by atoms with Crippen LogP contribution in [0.3, 0.4) is 0 Å². The maximum Gasteiger partial charge on any atom is 0.129 e. The lowest BCUT2D eigenvalue weighted by molar-refractivity contribution is 0.162. The van der Waals surface area contributed by atoms with Crippen LogP contribution in [-0.2, 0) is 11.3 Å². The highest BCUT2D eigenvalue weighted by atomic mass is 79.9. The van der Waals surface area contributed by atoms with Gasteiger partial charge in [0.15, 0.2) is 0 Å². The Hall–Kier alpha value is -0.810. The summed E-state index contributed by atoms with van der Waals surface area (Å²) < 4.78 is 11.9. The van der Waals surface area contributed by atoms with Crippen LogP contribution in [0, 0.1) is 0 Å². The van der Waals surface area contributed by atoms with Gasteiger partial charge in [-0.1, -0.05) is 40.5 Å². The number of hydrogen-bond donors (Lipinski definition) is 1. The van der Waals surface area contributed by atoms with Gasteiger partial charge in [-0.25, -0.2) is 0 Å². The average molecular weight is 373 g/mol. The molecular formula is C16H19BrClNO2. The van der Waals surface area contributed by atoms with E-state index in [9.17, 15) is 0 Å². The number of ether oxygens (including phenoxy) is 1. The quantitative estimate of drug-likeness (QED) is 0.748. The van der Waals surface area contributed by atoms with Crippen molar-refractivity contribution in [1.82, 2.24) is 5.32 Å². The fraction of sp³-hybridized carbons (Fsp3) is 0.375. The molecule has 1 unspecified atom stereocenters. The zero-order chi connectivity index (χ0) is 15.2. The lowest BCUT2D eigenvalue weighted by atomic mass is 10.0. The predicted molar refractivity (Wildman–Crippen MR) is 88.7 cm³/mol. The van der Waals surface area contributed by atoms with Crippen molar-refractivity contribution in [1.29, 1.82) is 0 Å². The summed E-state index contributed by atoms with van der Waals surface area (Å²) >= 11 is 9.82. The van der Waals surface area contributed by atoms with Crippen LogP contribution in [0.15, 0.2) is 39.2 Å². The van der Waals surface area contributed by atoms with E-state index in [0.29, 0.717) is 11.6 Å². The maximum atomic E-state index is 6.38. The third-order valence-electron chi connectivity index (χ3n) is 3.13. The minimum atomic E-state index is -0.0591. The van der Waals surface area contributed by atoms with Gasteiger partial charge >= 0.3 is 0 Å². The van der Waals surface area contributed by atoms with Gasteiger partial charge in [0.05, 0.1) is 6.04 Å². The molecule has 0 radical (unpaired) electrons. The van der Waals surface area contributed by atoms with E-state index in [1.165, 1.54) is 0 Å². The van der Waals surface area contributed by atoms with E-state index in [1.807, 2.05) is 30.3 Å². The third-order valence-corrected chi connectivity index (χ3v) is 3.95. The number of hydrogen-bond acceptors (Lipinski definition) is 3. The molecule has 1 aromatic carbocycles. The molecule has 1 aromatic heterocycles. The fourth-order valence-electron chi connectivity index (χ4n) is 2.16. The van der Waals surface area contributed by atoms with E-state index < -0.39 is 0 Å². The SMILES string of the molecule is CCCNC(c1ccc(COC)o1)c1ccc(Br)cc1Cl. The number of benzene rings is 1. The molecule has 5 heteroatoms. The molecule has 0 saturated heterocycles. The molecule has 0 saturated carbocycles. The molecule has 1 atom stereocenters. The summed E-state index contributed by atoms with van der Waals surface area (Å²) in [6, 6.07) is 9.75. The maximum absolute atomic E-state index is 6.38. The molecule has 0 amide bonds. The lowest BCUT2D eigenvalue weighted by Crippen LogP contribution is -2.23. The molecule has 0 bridgehead atoms. The van der Waals surface area contributed by atoms with Gasteiger partial charge in [0.1, 0.15) is 18.1 Å². The molecule has 1 N–H and O–H groups in total. The van der Waals surface area contributed by atoms with Crippen LogP contribution in [0.1, 0.15) is 36.5 Å². The van der Waals surface area contributed by atoms with Gasteiger partial charge in [-0.05, 0) is 42.8 Å². The predicted octanol–water partition coefficient (Wildman–Crippen LogP) is 4.93. The Morgan fingerprint density at radius 3 is 2.81 bits per heavy atom. The average Bonchev–Trinajstić information content (AvgIpc) is 2.90. The van der Waals surface area contributed by atoms with Gasteiger partial charge in [-0.15, -0.1) is 0 Å². The van der Waals surface area contributed by atoms with Crippen LogP contribution < -0.4 is 5.32 Å². The van der Waals surface area contributed by atoms with Crippen molar-refractivity contribution in [2.24, 2.45) is 0 Å². The van der Waals surface area contributed by atoms with Crippen LogP contribution in [0.4, 0.5) is 0 Å². The van der Waals surface area contributed by atoms with E-state index in [0.717, 1.165) is 34.5 Å². The van der Waals surface area contributed by atoms with Gasteiger partial charge in [-0.2, -0.15) is 0 Å². The second kappa shape index (κ2) is 7.99. The minimum Gasteiger partial charge on any atom is -0.462 e. The Balaban J connectivity index is 2.32. The largest absolute Gasteiger partial charge is 0.462 e. The summed E-state index contributed by atoms with van der Waals surface area (Å²) in [5.41, 5.74) is 1.01. The number of furan rings is 1. The van der Waals surface area contributed by atoms with E-state index in [1.54, 1.807) is 7.11 Å². The molecule has 0 aliphatic heterocycles. The van der Waals surface area contributed by atoms with Crippen molar-refractivity contribution in [3.63, 3.8) is 0 Å². The highest BCUT2D eigenvalue weighted by Gasteiger charge is 2.20. The first-order chi connectivity index (χ1) is 10.2. The van der Waals surface area contributed by atoms with Gasteiger partial charge in [0.2, 0.25) is 0 Å². The van der Waals surface area contributed by atoms with Gasteiger partial charge < -0.3 is 14.5 Å². The van der Waals surface area contributed by atoms with Gasteiger partial charge in [0.25, 0.3) is 0 Å². The van der Waals surface area contributed by atoms with E-state index in [4.69, 9.17) is 20.8 Å². The molecule has 2 rings (SSSR count). The molecule has 2 aromatic rings. The third kappa shape index (κ3) is 4.33. The molecule has 114 valence electrons. The Morgan fingerprint density at radius 1 is 1.33 bits per heavy atom.